The van der Waals surface area contributed by atoms with E-state index in [0.717, 1.165) is 6.42 Å². The first-order chi connectivity index (χ1) is 7.99. The van der Waals surface area contributed by atoms with Crippen LogP contribution >= 0.6 is 24.8 Å². The molecule has 9 heteroatoms. The summed E-state index contributed by atoms with van der Waals surface area (Å²) in [5, 5.41) is 0. The van der Waals surface area contributed by atoms with E-state index in [4.69, 9.17) is 11.5 Å². The number of halogens is 2. The summed E-state index contributed by atoms with van der Waals surface area (Å²) in [5.74, 6) is 0.906. The maximum absolute atomic E-state index is 11.6. The standard InChI is InChI=1S/C10H16N6O.2ClH/c1-5(2)3-4-16-7-6(13-10(16)12)8(17)15-9(11)14-7;;/h5H,3-4H2,1-2H3,(H2,12,13)(H3,11,14,15,17);2*1H. The Morgan fingerprint density at radius 2 is 1.89 bits per heavy atom. The molecule has 0 aliphatic carbocycles. The number of nitrogens with zero attached hydrogens (tertiary/aromatic N) is 3. The van der Waals surface area contributed by atoms with Gasteiger partial charge in [0.25, 0.3) is 5.56 Å². The summed E-state index contributed by atoms with van der Waals surface area (Å²) in [6, 6.07) is 0. The lowest BCUT2D eigenvalue weighted by atomic mass is 10.1. The number of aromatic nitrogens is 4. The average Bonchev–Trinajstić information content (AvgIpc) is 2.52. The maximum atomic E-state index is 11.6. The minimum Gasteiger partial charge on any atom is -0.369 e. The molecule has 0 fully saturated rings. The summed E-state index contributed by atoms with van der Waals surface area (Å²) >= 11 is 0. The van der Waals surface area contributed by atoms with Crippen molar-refractivity contribution in [1.82, 2.24) is 19.5 Å². The second-order valence-electron chi connectivity index (χ2n) is 4.43. The van der Waals surface area contributed by atoms with Gasteiger partial charge >= 0.3 is 0 Å². The van der Waals surface area contributed by atoms with Gasteiger partial charge in [-0.3, -0.25) is 14.3 Å². The molecule has 19 heavy (non-hydrogen) atoms. The molecule has 0 bridgehead atoms. The van der Waals surface area contributed by atoms with Crippen molar-refractivity contribution in [1.29, 1.82) is 0 Å². The fourth-order valence-electron chi connectivity index (χ4n) is 1.65. The van der Waals surface area contributed by atoms with Crippen molar-refractivity contribution in [3.63, 3.8) is 0 Å². The van der Waals surface area contributed by atoms with Crippen molar-refractivity contribution in [3.8, 4) is 0 Å². The predicted molar refractivity (Wildman–Crippen MR) is 80.9 cm³/mol. The number of nitrogens with one attached hydrogen (secondary N) is 1. The van der Waals surface area contributed by atoms with Crippen LogP contribution in [0.15, 0.2) is 4.79 Å². The Labute approximate surface area is 122 Å². The van der Waals surface area contributed by atoms with Gasteiger partial charge in [-0.05, 0) is 12.3 Å². The number of H-pyrrole nitrogens is 1. The summed E-state index contributed by atoms with van der Waals surface area (Å²) in [6.07, 6.45) is 0.935. The number of nitrogen functional groups attached to an aromatic ring is 2. The van der Waals surface area contributed by atoms with Crippen molar-refractivity contribution in [3.05, 3.63) is 10.4 Å². The van der Waals surface area contributed by atoms with Gasteiger partial charge in [0.05, 0.1) is 0 Å². The van der Waals surface area contributed by atoms with Crippen molar-refractivity contribution in [2.24, 2.45) is 5.92 Å². The second kappa shape index (κ2) is 6.63. The highest BCUT2D eigenvalue weighted by Crippen LogP contribution is 2.15. The maximum Gasteiger partial charge on any atom is 0.280 e. The second-order valence-corrected chi connectivity index (χ2v) is 4.43. The molecule has 2 aromatic rings. The lowest BCUT2D eigenvalue weighted by molar-refractivity contribution is 0.525. The Balaban J connectivity index is 0.00000162. The van der Waals surface area contributed by atoms with E-state index in [0.29, 0.717) is 24.1 Å². The highest BCUT2D eigenvalue weighted by atomic mass is 35.5. The smallest absolute Gasteiger partial charge is 0.280 e. The van der Waals surface area contributed by atoms with Crippen molar-refractivity contribution < 1.29 is 0 Å². The van der Waals surface area contributed by atoms with Gasteiger partial charge in [0, 0.05) is 6.54 Å². The minimum atomic E-state index is -0.359. The van der Waals surface area contributed by atoms with E-state index in [1.165, 1.54) is 0 Å². The molecule has 0 saturated heterocycles. The third-order valence-electron chi connectivity index (χ3n) is 2.58. The summed E-state index contributed by atoms with van der Waals surface area (Å²) in [4.78, 5) is 22.1. The lowest BCUT2D eigenvalue weighted by Crippen LogP contribution is -2.12. The lowest BCUT2D eigenvalue weighted by Gasteiger charge is -2.07. The van der Waals surface area contributed by atoms with E-state index in [1.807, 2.05) is 0 Å². The molecule has 0 radical (unpaired) electrons. The van der Waals surface area contributed by atoms with E-state index >= 15 is 0 Å². The predicted octanol–water partition coefficient (Wildman–Crippen LogP) is 1.17. The molecule has 0 atom stereocenters. The van der Waals surface area contributed by atoms with Crippen LogP contribution in [0.1, 0.15) is 20.3 Å². The van der Waals surface area contributed by atoms with Crippen LogP contribution in [0.2, 0.25) is 0 Å². The number of nitrogens with two attached hydrogens (primary N) is 2. The van der Waals surface area contributed by atoms with E-state index in [-0.39, 0.29) is 41.8 Å². The highest BCUT2D eigenvalue weighted by molar-refractivity contribution is 5.85. The van der Waals surface area contributed by atoms with E-state index in [9.17, 15) is 4.79 Å². The quantitative estimate of drug-likeness (QED) is 0.787. The summed E-state index contributed by atoms with van der Waals surface area (Å²) in [7, 11) is 0. The first kappa shape index (κ1) is 17.5. The number of imidazole rings is 1. The molecule has 7 nitrogen and oxygen atoms in total. The number of hydrogen-bond acceptors (Lipinski definition) is 5. The Morgan fingerprint density at radius 1 is 1.26 bits per heavy atom. The normalized spacial score (nSPS) is 10.3. The number of aromatic amines is 1. The van der Waals surface area contributed by atoms with Gasteiger partial charge in [-0.2, -0.15) is 4.98 Å². The van der Waals surface area contributed by atoms with Crippen molar-refractivity contribution >= 4 is 47.9 Å². The molecule has 2 heterocycles. The summed E-state index contributed by atoms with van der Waals surface area (Å²) < 4.78 is 1.72. The van der Waals surface area contributed by atoms with Gasteiger partial charge in [-0.1, -0.05) is 13.8 Å². The largest absolute Gasteiger partial charge is 0.369 e. The summed E-state index contributed by atoms with van der Waals surface area (Å²) in [6.45, 7) is 4.91. The van der Waals surface area contributed by atoms with Crippen molar-refractivity contribution in [2.45, 2.75) is 26.8 Å². The van der Waals surface area contributed by atoms with Crippen LogP contribution in [0.3, 0.4) is 0 Å². The molecule has 0 aromatic carbocycles. The highest BCUT2D eigenvalue weighted by Gasteiger charge is 2.13. The molecule has 0 spiro atoms. The molecular weight excluding hydrogens is 291 g/mol. The fourth-order valence-corrected chi connectivity index (χ4v) is 1.65. The number of fused-ring (bicyclic) bond motifs is 1. The number of anilines is 2. The molecule has 2 aromatic heterocycles. The molecule has 108 valence electrons. The van der Waals surface area contributed by atoms with Crippen LogP contribution in [0.4, 0.5) is 11.9 Å². The molecule has 0 saturated carbocycles. The molecule has 5 N–H and O–H groups in total. The number of hydrogen-bond donors (Lipinski definition) is 3. The van der Waals surface area contributed by atoms with Gasteiger partial charge in [0.1, 0.15) is 0 Å². The first-order valence-electron chi connectivity index (χ1n) is 5.50. The first-order valence-corrected chi connectivity index (χ1v) is 5.50. The zero-order valence-electron chi connectivity index (χ0n) is 10.7. The molecule has 2 rings (SSSR count). The van der Waals surface area contributed by atoms with Gasteiger partial charge in [-0.15, -0.1) is 24.8 Å². The Bertz CT molecular complexity index is 606. The minimum absolute atomic E-state index is 0. The SMILES string of the molecule is CC(C)CCn1c(N)nc2c(=O)[nH]c(N)nc21.Cl.Cl. The molecule has 0 amide bonds. The third kappa shape index (κ3) is 3.51. The van der Waals surface area contributed by atoms with Crippen LogP contribution in [0.5, 0.6) is 0 Å². The Morgan fingerprint density at radius 3 is 2.47 bits per heavy atom. The monoisotopic (exact) mass is 308 g/mol. The third-order valence-corrected chi connectivity index (χ3v) is 2.58. The van der Waals surface area contributed by atoms with Gasteiger partial charge in [0.2, 0.25) is 11.9 Å². The van der Waals surface area contributed by atoms with Crippen LogP contribution in [0, 0.1) is 5.92 Å². The topological polar surface area (TPSA) is 116 Å². The fraction of sp³-hybridized carbons (Fsp3) is 0.500. The van der Waals surface area contributed by atoms with Crippen LogP contribution in [-0.2, 0) is 6.54 Å². The zero-order valence-corrected chi connectivity index (χ0v) is 12.3. The van der Waals surface area contributed by atoms with Crippen LogP contribution < -0.4 is 17.0 Å². The van der Waals surface area contributed by atoms with E-state index in [1.54, 1.807) is 4.57 Å². The van der Waals surface area contributed by atoms with Crippen LogP contribution in [0.25, 0.3) is 11.2 Å². The van der Waals surface area contributed by atoms with Crippen LogP contribution in [-0.4, -0.2) is 19.5 Å². The van der Waals surface area contributed by atoms with E-state index in [2.05, 4.69) is 28.8 Å². The molecule has 0 aliphatic rings. The molecule has 0 unspecified atom stereocenters. The number of aryl methyl sites for hydroxylation is 1. The van der Waals surface area contributed by atoms with E-state index < -0.39 is 0 Å². The zero-order chi connectivity index (χ0) is 12.6. The average molecular weight is 309 g/mol. The molecule has 0 aliphatic heterocycles. The number of rotatable bonds is 3. The van der Waals surface area contributed by atoms with Gasteiger partial charge in [0.15, 0.2) is 11.2 Å². The summed E-state index contributed by atoms with van der Waals surface area (Å²) in [5.41, 5.74) is 11.6. The van der Waals surface area contributed by atoms with Gasteiger partial charge in [-0.25, -0.2) is 4.98 Å². The van der Waals surface area contributed by atoms with Crippen molar-refractivity contribution in [2.75, 3.05) is 11.5 Å². The molecular formula is C10H18Cl2N6O. The Kier molecular flexibility index (Phi) is 6.11. The Hall–Kier alpha value is -1.47. The van der Waals surface area contributed by atoms with Gasteiger partial charge < -0.3 is 11.5 Å².